The number of pyridine rings is 1. The molecule has 1 fully saturated rings. The van der Waals surface area contributed by atoms with Gasteiger partial charge in [0.2, 0.25) is 0 Å². The van der Waals surface area contributed by atoms with Gasteiger partial charge in [0.1, 0.15) is 11.9 Å². The third-order valence-corrected chi connectivity index (χ3v) is 5.52. The van der Waals surface area contributed by atoms with Crippen LogP contribution in [0.15, 0.2) is 30.7 Å². The summed E-state index contributed by atoms with van der Waals surface area (Å²) in [5, 5.41) is 10.8. The summed E-state index contributed by atoms with van der Waals surface area (Å²) in [6.45, 7) is 12.7. The number of nitrogens with two attached hydrogens (primary N) is 1. The van der Waals surface area contributed by atoms with Crippen molar-refractivity contribution in [3.63, 3.8) is 0 Å². The number of hydrogen-bond acceptors (Lipinski definition) is 7. The SMILES string of the molecule is C=C(CC(C)n1cc(-c2cnc(N)c(OC(F)(F)F)c2)nc1[C@H](O)C(C)C)N1CCOCC1. The van der Waals surface area contributed by atoms with Crippen LogP contribution in [0.4, 0.5) is 19.0 Å². The summed E-state index contributed by atoms with van der Waals surface area (Å²) in [4.78, 5) is 10.5. The van der Waals surface area contributed by atoms with Crippen LogP contribution in [0.3, 0.4) is 0 Å². The highest BCUT2D eigenvalue weighted by Crippen LogP contribution is 2.34. The minimum Gasteiger partial charge on any atom is -0.402 e. The molecule has 3 rings (SSSR count). The van der Waals surface area contributed by atoms with Crippen LogP contribution in [0.2, 0.25) is 0 Å². The molecular weight excluding hydrogens is 439 g/mol. The van der Waals surface area contributed by atoms with Crippen molar-refractivity contribution in [3.05, 3.63) is 36.6 Å². The average Bonchev–Trinajstić information content (AvgIpc) is 3.19. The predicted octanol–water partition coefficient (Wildman–Crippen LogP) is 3.91. The van der Waals surface area contributed by atoms with Crippen LogP contribution in [0.1, 0.15) is 45.2 Å². The van der Waals surface area contributed by atoms with E-state index in [0.29, 0.717) is 36.7 Å². The first kappa shape index (κ1) is 24.8. The first-order chi connectivity index (χ1) is 15.5. The van der Waals surface area contributed by atoms with Crippen molar-refractivity contribution in [1.29, 1.82) is 0 Å². The Balaban J connectivity index is 1.92. The normalized spacial score (nSPS) is 16.7. The number of ether oxygens (including phenoxy) is 2. The third-order valence-electron chi connectivity index (χ3n) is 5.52. The van der Waals surface area contributed by atoms with E-state index in [1.54, 1.807) is 6.20 Å². The highest BCUT2D eigenvalue weighted by atomic mass is 19.4. The average molecular weight is 470 g/mol. The lowest BCUT2D eigenvalue weighted by molar-refractivity contribution is -0.274. The number of aromatic nitrogens is 3. The molecule has 2 aromatic rings. The molecular formula is C22H30F3N5O3. The monoisotopic (exact) mass is 469 g/mol. The highest BCUT2D eigenvalue weighted by molar-refractivity contribution is 5.63. The predicted molar refractivity (Wildman–Crippen MR) is 117 cm³/mol. The van der Waals surface area contributed by atoms with Gasteiger partial charge in [-0.2, -0.15) is 0 Å². The van der Waals surface area contributed by atoms with Crippen molar-refractivity contribution in [1.82, 2.24) is 19.4 Å². The maximum absolute atomic E-state index is 12.7. The third kappa shape index (κ3) is 6.17. The fraction of sp³-hybridized carbons (Fsp3) is 0.545. The second-order valence-electron chi connectivity index (χ2n) is 8.45. The number of alkyl halides is 3. The maximum Gasteiger partial charge on any atom is 0.573 e. The Labute approximate surface area is 190 Å². The van der Waals surface area contributed by atoms with Crippen molar-refractivity contribution in [2.24, 2.45) is 5.92 Å². The summed E-state index contributed by atoms with van der Waals surface area (Å²) in [5.41, 5.74) is 7.14. The number of aliphatic hydroxyl groups excluding tert-OH is 1. The Morgan fingerprint density at radius 3 is 2.58 bits per heavy atom. The zero-order chi connectivity index (χ0) is 24.3. The number of morpholine rings is 1. The van der Waals surface area contributed by atoms with Crippen LogP contribution in [0.5, 0.6) is 5.75 Å². The van der Waals surface area contributed by atoms with Gasteiger partial charge < -0.3 is 29.8 Å². The Morgan fingerprint density at radius 1 is 1.30 bits per heavy atom. The maximum atomic E-state index is 12.7. The molecule has 1 unspecified atom stereocenters. The van der Waals surface area contributed by atoms with E-state index in [1.165, 1.54) is 6.20 Å². The Hall–Kier alpha value is -2.79. The molecule has 0 bridgehead atoms. The molecule has 2 aromatic heterocycles. The van der Waals surface area contributed by atoms with E-state index in [9.17, 15) is 18.3 Å². The number of halogens is 3. The van der Waals surface area contributed by atoms with Gasteiger partial charge in [0.25, 0.3) is 0 Å². The molecule has 182 valence electrons. The molecule has 33 heavy (non-hydrogen) atoms. The van der Waals surface area contributed by atoms with E-state index >= 15 is 0 Å². The van der Waals surface area contributed by atoms with Crippen molar-refractivity contribution in [3.8, 4) is 17.0 Å². The van der Waals surface area contributed by atoms with E-state index in [-0.39, 0.29) is 17.8 Å². The van der Waals surface area contributed by atoms with Crippen LogP contribution in [0, 0.1) is 5.92 Å². The Morgan fingerprint density at radius 2 is 1.97 bits per heavy atom. The summed E-state index contributed by atoms with van der Waals surface area (Å²) in [5.74, 6) is -0.693. The van der Waals surface area contributed by atoms with Crippen LogP contribution in [0.25, 0.3) is 11.3 Å². The fourth-order valence-corrected chi connectivity index (χ4v) is 3.67. The molecule has 3 heterocycles. The lowest BCUT2D eigenvalue weighted by Gasteiger charge is -2.32. The lowest BCUT2D eigenvalue weighted by atomic mass is 10.1. The molecule has 0 amide bonds. The summed E-state index contributed by atoms with van der Waals surface area (Å²) in [7, 11) is 0. The zero-order valence-corrected chi connectivity index (χ0v) is 19.0. The van der Waals surface area contributed by atoms with Crippen LogP contribution >= 0.6 is 0 Å². The molecule has 0 spiro atoms. The molecule has 0 aliphatic carbocycles. The Bertz CT molecular complexity index is 971. The topological polar surface area (TPSA) is 98.7 Å². The molecule has 1 saturated heterocycles. The molecule has 8 nitrogen and oxygen atoms in total. The second-order valence-corrected chi connectivity index (χ2v) is 8.45. The number of imidazole rings is 1. The summed E-state index contributed by atoms with van der Waals surface area (Å²) >= 11 is 0. The first-order valence-corrected chi connectivity index (χ1v) is 10.7. The number of rotatable bonds is 8. The van der Waals surface area contributed by atoms with Gasteiger partial charge in [0, 0.05) is 49.2 Å². The van der Waals surface area contributed by atoms with Gasteiger partial charge in [-0.25, -0.2) is 9.97 Å². The minimum absolute atomic E-state index is 0.113. The smallest absolute Gasteiger partial charge is 0.402 e. The van der Waals surface area contributed by atoms with E-state index in [0.717, 1.165) is 24.9 Å². The van der Waals surface area contributed by atoms with E-state index in [1.807, 2.05) is 25.3 Å². The van der Waals surface area contributed by atoms with Crippen LogP contribution in [-0.4, -0.2) is 57.2 Å². The quantitative estimate of drug-likeness (QED) is 0.605. The summed E-state index contributed by atoms with van der Waals surface area (Å²) < 4.78 is 49.4. The van der Waals surface area contributed by atoms with E-state index in [4.69, 9.17) is 10.5 Å². The van der Waals surface area contributed by atoms with E-state index in [2.05, 4.69) is 26.2 Å². The van der Waals surface area contributed by atoms with Gasteiger partial charge in [-0.3, -0.25) is 0 Å². The van der Waals surface area contributed by atoms with Crippen LogP contribution in [-0.2, 0) is 4.74 Å². The lowest BCUT2D eigenvalue weighted by Crippen LogP contribution is -2.35. The Kier molecular flexibility index (Phi) is 7.53. The van der Waals surface area contributed by atoms with Gasteiger partial charge in [-0.1, -0.05) is 20.4 Å². The largest absolute Gasteiger partial charge is 0.573 e. The number of aliphatic hydroxyl groups is 1. The molecule has 1 aliphatic rings. The van der Waals surface area contributed by atoms with Gasteiger partial charge in [0.05, 0.1) is 18.9 Å². The fourth-order valence-electron chi connectivity index (χ4n) is 3.67. The number of nitrogens with zero attached hydrogens (tertiary/aromatic N) is 4. The molecule has 1 aliphatic heterocycles. The minimum atomic E-state index is -4.90. The second kappa shape index (κ2) is 10.0. The molecule has 0 radical (unpaired) electrons. The van der Waals surface area contributed by atoms with Gasteiger partial charge in [-0.15, -0.1) is 13.2 Å². The zero-order valence-electron chi connectivity index (χ0n) is 19.0. The molecule has 0 saturated carbocycles. The van der Waals surface area contributed by atoms with Gasteiger partial charge >= 0.3 is 6.36 Å². The number of anilines is 1. The standard InChI is InChI=1S/C22H30F3N5O3/c1-13(2)19(31)21-28-17(16-10-18(20(26)27-11-16)33-22(23,24)25)12-30(21)15(4)9-14(3)29-5-7-32-8-6-29/h10-13,15,19,31H,3,5-9H2,1-2,4H3,(H2,26,27)/t15?,19-/m1/s1. The molecule has 0 aromatic carbocycles. The van der Waals surface area contributed by atoms with Gasteiger partial charge in [0.15, 0.2) is 11.6 Å². The van der Waals surface area contributed by atoms with Crippen molar-refractivity contribution >= 4 is 5.82 Å². The number of nitrogen functional groups attached to an aromatic ring is 1. The molecule has 11 heteroatoms. The van der Waals surface area contributed by atoms with Gasteiger partial charge in [-0.05, 0) is 18.9 Å². The summed E-state index contributed by atoms with van der Waals surface area (Å²) in [6, 6.07) is 1.03. The number of allylic oxidation sites excluding steroid dienone is 1. The van der Waals surface area contributed by atoms with Crippen LogP contribution < -0.4 is 10.5 Å². The van der Waals surface area contributed by atoms with Crippen molar-refractivity contribution < 1.29 is 27.8 Å². The summed E-state index contributed by atoms with van der Waals surface area (Å²) in [6.07, 6.45) is -2.14. The van der Waals surface area contributed by atoms with Crippen molar-refractivity contribution in [2.45, 2.75) is 45.7 Å². The first-order valence-electron chi connectivity index (χ1n) is 10.7. The molecule has 2 atom stereocenters. The molecule has 3 N–H and O–H groups in total. The van der Waals surface area contributed by atoms with E-state index < -0.39 is 18.2 Å². The van der Waals surface area contributed by atoms with Crippen molar-refractivity contribution in [2.75, 3.05) is 32.0 Å². The highest BCUT2D eigenvalue weighted by Gasteiger charge is 2.32. The number of hydrogen-bond donors (Lipinski definition) is 2.